The SMILES string of the molecule is CSCC[C@H](NC(C)=O)C(=O)N1CC1C#N. The molecule has 16 heavy (non-hydrogen) atoms. The first-order valence-electron chi connectivity index (χ1n) is 5.06. The van der Waals surface area contributed by atoms with E-state index in [1.54, 1.807) is 11.8 Å². The van der Waals surface area contributed by atoms with Gasteiger partial charge in [0.1, 0.15) is 12.1 Å². The van der Waals surface area contributed by atoms with E-state index in [0.29, 0.717) is 13.0 Å². The van der Waals surface area contributed by atoms with Crippen LogP contribution in [0.25, 0.3) is 0 Å². The van der Waals surface area contributed by atoms with Gasteiger partial charge in [-0.15, -0.1) is 0 Å². The molecule has 0 bridgehead atoms. The number of thioether (sulfide) groups is 1. The minimum Gasteiger partial charge on any atom is -0.345 e. The van der Waals surface area contributed by atoms with Crippen molar-refractivity contribution >= 4 is 23.6 Å². The van der Waals surface area contributed by atoms with E-state index in [1.165, 1.54) is 11.8 Å². The average molecular weight is 241 g/mol. The van der Waals surface area contributed by atoms with Crippen LogP contribution < -0.4 is 5.32 Å². The predicted octanol–water partition coefficient (Wildman–Crippen LogP) is -0.0214. The number of nitrogens with one attached hydrogen (secondary N) is 1. The fraction of sp³-hybridized carbons (Fsp3) is 0.700. The van der Waals surface area contributed by atoms with E-state index in [4.69, 9.17) is 5.26 Å². The fourth-order valence-electron chi connectivity index (χ4n) is 1.43. The molecule has 1 fully saturated rings. The van der Waals surface area contributed by atoms with Crippen LogP contribution in [-0.4, -0.2) is 47.4 Å². The molecule has 5 nitrogen and oxygen atoms in total. The van der Waals surface area contributed by atoms with Gasteiger partial charge in [0.25, 0.3) is 0 Å². The average Bonchev–Trinajstić information content (AvgIpc) is 3.01. The van der Waals surface area contributed by atoms with Crippen LogP contribution in [0.5, 0.6) is 0 Å². The van der Waals surface area contributed by atoms with Gasteiger partial charge >= 0.3 is 0 Å². The van der Waals surface area contributed by atoms with Crippen molar-refractivity contribution < 1.29 is 9.59 Å². The molecule has 0 aromatic rings. The molecule has 0 spiro atoms. The van der Waals surface area contributed by atoms with Crippen LogP contribution in [0.1, 0.15) is 13.3 Å². The Hall–Kier alpha value is -1.22. The predicted molar refractivity (Wildman–Crippen MR) is 61.7 cm³/mol. The molecule has 1 N–H and O–H groups in total. The van der Waals surface area contributed by atoms with Crippen LogP contribution in [0.2, 0.25) is 0 Å². The molecule has 0 radical (unpaired) electrons. The molecular formula is C10H15N3O2S. The van der Waals surface area contributed by atoms with Gasteiger partial charge in [-0.05, 0) is 18.4 Å². The highest BCUT2D eigenvalue weighted by molar-refractivity contribution is 7.98. The van der Waals surface area contributed by atoms with Gasteiger partial charge in [-0.3, -0.25) is 9.59 Å². The normalized spacial score (nSPS) is 19.8. The number of carbonyl (C=O) groups is 2. The Morgan fingerprint density at radius 1 is 1.69 bits per heavy atom. The van der Waals surface area contributed by atoms with Crippen LogP contribution in [0, 0.1) is 11.3 Å². The summed E-state index contributed by atoms with van der Waals surface area (Å²) in [6.07, 6.45) is 2.55. The van der Waals surface area contributed by atoms with Crippen molar-refractivity contribution in [3.05, 3.63) is 0 Å². The summed E-state index contributed by atoms with van der Waals surface area (Å²) in [4.78, 5) is 24.3. The molecule has 0 aliphatic carbocycles. The Morgan fingerprint density at radius 2 is 2.38 bits per heavy atom. The molecule has 1 unspecified atom stereocenters. The molecule has 6 heteroatoms. The highest BCUT2D eigenvalue weighted by Crippen LogP contribution is 2.18. The zero-order valence-electron chi connectivity index (χ0n) is 9.40. The summed E-state index contributed by atoms with van der Waals surface area (Å²) in [5.41, 5.74) is 0. The summed E-state index contributed by atoms with van der Waals surface area (Å²) in [5.74, 6) is 0.451. The Bertz CT molecular complexity index is 327. The van der Waals surface area contributed by atoms with Crippen LogP contribution in [0.4, 0.5) is 0 Å². The zero-order valence-corrected chi connectivity index (χ0v) is 10.2. The third-order valence-electron chi connectivity index (χ3n) is 2.33. The fourth-order valence-corrected chi connectivity index (χ4v) is 1.90. The lowest BCUT2D eigenvalue weighted by Gasteiger charge is -2.16. The number of hydrogen-bond acceptors (Lipinski definition) is 4. The number of nitriles is 1. The summed E-state index contributed by atoms with van der Waals surface area (Å²) in [6, 6.07) is 1.24. The Kier molecular flexibility index (Phi) is 4.62. The molecule has 2 atom stereocenters. The smallest absolute Gasteiger partial charge is 0.246 e. The number of nitrogens with zero attached hydrogens (tertiary/aromatic N) is 2. The maximum absolute atomic E-state index is 11.9. The zero-order chi connectivity index (χ0) is 12.1. The van der Waals surface area contributed by atoms with Gasteiger partial charge in [0.15, 0.2) is 0 Å². The first kappa shape index (κ1) is 12.8. The topological polar surface area (TPSA) is 73.0 Å². The quantitative estimate of drug-likeness (QED) is 0.686. The van der Waals surface area contributed by atoms with E-state index < -0.39 is 6.04 Å². The Labute approximate surface area is 99.2 Å². The van der Waals surface area contributed by atoms with Crippen molar-refractivity contribution in [1.29, 1.82) is 5.26 Å². The molecule has 88 valence electrons. The van der Waals surface area contributed by atoms with Crippen molar-refractivity contribution in [2.75, 3.05) is 18.6 Å². The van der Waals surface area contributed by atoms with E-state index >= 15 is 0 Å². The molecule has 0 saturated carbocycles. The monoisotopic (exact) mass is 241 g/mol. The lowest BCUT2D eigenvalue weighted by atomic mass is 10.2. The highest BCUT2D eigenvalue weighted by Gasteiger charge is 2.41. The van der Waals surface area contributed by atoms with Gasteiger partial charge in [0.2, 0.25) is 11.8 Å². The minimum atomic E-state index is -0.483. The van der Waals surface area contributed by atoms with Crippen molar-refractivity contribution in [2.24, 2.45) is 0 Å². The maximum Gasteiger partial charge on any atom is 0.246 e. The Balaban J connectivity index is 2.51. The molecule has 1 rings (SSSR count). The van der Waals surface area contributed by atoms with E-state index in [0.717, 1.165) is 5.75 Å². The van der Waals surface area contributed by atoms with Crippen molar-refractivity contribution in [2.45, 2.75) is 25.4 Å². The lowest BCUT2D eigenvalue weighted by Crippen LogP contribution is -2.43. The van der Waals surface area contributed by atoms with Gasteiger partial charge in [-0.2, -0.15) is 17.0 Å². The molecule has 1 heterocycles. The molecular weight excluding hydrogens is 226 g/mol. The van der Waals surface area contributed by atoms with Gasteiger partial charge in [0, 0.05) is 6.92 Å². The second-order valence-corrected chi connectivity index (χ2v) is 4.66. The first-order chi connectivity index (χ1) is 7.60. The molecule has 1 aliphatic heterocycles. The van der Waals surface area contributed by atoms with E-state index in [1.807, 2.05) is 12.3 Å². The molecule has 1 aliphatic rings. The largest absolute Gasteiger partial charge is 0.345 e. The van der Waals surface area contributed by atoms with Crippen LogP contribution in [0.3, 0.4) is 0 Å². The van der Waals surface area contributed by atoms with E-state index in [-0.39, 0.29) is 17.9 Å². The van der Waals surface area contributed by atoms with Gasteiger partial charge in [-0.1, -0.05) is 0 Å². The highest BCUT2D eigenvalue weighted by atomic mass is 32.2. The molecule has 0 aromatic carbocycles. The van der Waals surface area contributed by atoms with Crippen molar-refractivity contribution in [3.63, 3.8) is 0 Å². The molecule has 2 amide bonds. The molecule has 0 aromatic heterocycles. The summed E-state index contributed by atoms with van der Waals surface area (Å²) < 4.78 is 0. The first-order valence-corrected chi connectivity index (χ1v) is 6.45. The summed E-state index contributed by atoms with van der Waals surface area (Å²) in [6.45, 7) is 1.88. The van der Waals surface area contributed by atoms with Gasteiger partial charge in [-0.25, -0.2) is 0 Å². The lowest BCUT2D eigenvalue weighted by molar-refractivity contribution is -0.131. The van der Waals surface area contributed by atoms with E-state index in [2.05, 4.69) is 5.32 Å². The number of hydrogen-bond donors (Lipinski definition) is 1. The van der Waals surface area contributed by atoms with Crippen molar-refractivity contribution in [3.8, 4) is 6.07 Å². The van der Waals surface area contributed by atoms with Gasteiger partial charge in [0.05, 0.1) is 12.6 Å². The Morgan fingerprint density at radius 3 is 2.81 bits per heavy atom. The summed E-state index contributed by atoms with van der Waals surface area (Å²) >= 11 is 1.63. The summed E-state index contributed by atoms with van der Waals surface area (Å²) in [5, 5.41) is 11.3. The van der Waals surface area contributed by atoms with Crippen LogP contribution >= 0.6 is 11.8 Å². The molecule has 1 saturated heterocycles. The third kappa shape index (κ3) is 3.42. The van der Waals surface area contributed by atoms with Crippen LogP contribution in [0.15, 0.2) is 0 Å². The second kappa shape index (κ2) is 5.75. The number of rotatable bonds is 5. The minimum absolute atomic E-state index is 0.143. The summed E-state index contributed by atoms with van der Waals surface area (Å²) in [7, 11) is 0. The standard InChI is InChI=1S/C10H15N3O2S/c1-7(14)12-9(3-4-16-2)10(15)13-6-8(13)5-11/h8-9H,3-4,6H2,1-2H3,(H,12,14)/t8?,9-,13?/m0/s1. The van der Waals surface area contributed by atoms with E-state index in [9.17, 15) is 9.59 Å². The second-order valence-electron chi connectivity index (χ2n) is 3.67. The number of amides is 2. The van der Waals surface area contributed by atoms with Gasteiger partial charge < -0.3 is 10.2 Å². The number of carbonyl (C=O) groups excluding carboxylic acids is 2. The van der Waals surface area contributed by atoms with Crippen molar-refractivity contribution in [1.82, 2.24) is 10.2 Å². The van der Waals surface area contributed by atoms with Crippen LogP contribution in [-0.2, 0) is 9.59 Å². The maximum atomic E-state index is 11.9. The third-order valence-corrected chi connectivity index (χ3v) is 2.97.